The molecule has 0 bridgehead atoms. The van der Waals surface area contributed by atoms with Crippen LogP contribution in [-0.4, -0.2) is 31.0 Å². The fraction of sp³-hybridized carbons (Fsp3) is 0.200. The molecule has 15 heavy (non-hydrogen) atoms. The topological polar surface area (TPSA) is 78.4 Å². The molecule has 0 atom stereocenters. The number of benzene rings is 1. The van der Waals surface area contributed by atoms with Gasteiger partial charge >= 0.3 is 0 Å². The number of carbonyl (C=O) groups excluding carboxylic acids is 2. The molecule has 80 valence electrons. The third kappa shape index (κ3) is 2.46. The molecule has 0 heterocycles. The number of carbonyl (C=O) groups is 2. The van der Waals surface area contributed by atoms with Crippen LogP contribution in [0.25, 0.3) is 0 Å². The second-order valence-electron chi connectivity index (χ2n) is 2.93. The Morgan fingerprint density at radius 2 is 1.40 bits per heavy atom. The van der Waals surface area contributed by atoms with Gasteiger partial charge < -0.3 is 15.7 Å². The normalized spacial score (nSPS) is 9.47. The van der Waals surface area contributed by atoms with E-state index in [-0.39, 0.29) is 28.7 Å². The number of aromatic hydroxyl groups is 1. The van der Waals surface area contributed by atoms with E-state index in [9.17, 15) is 14.7 Å². The number of phenolic OH excluding ortho intramolecular Hbond substituents is 1. The van der Waals surface area contributed by atoms with Gasteiger partial charge in [-0.3, -0.25) is 9.59 Å². The maximum Gasteiger partial charge on any atom is 0.251 e. The summed E-state index contributed by atoms with van der Waals surface area (Å²) in [7, 11) is 2.96. The minimum atomic E-state index is -0.351. The molecule has 5 heteroatoms. The van der Waals surface area contributed by atoms with E-state index in [1.807, 2.05) is 0 Å². The Hall–Kier alpha value is -2.04. The van der Waals surface area contributed by atoms with Gasteiger partial charge in [0.25, 0.3) is 11.8 Å². The zero-order valence-electron chi connectivity index (χ0n) is 8.50. The van der Waals surface area contributed by atoms with E-state index < -0.39 is 0 Å². The summed E-state index contributed by atoms with van der Waals surface area (Å²) < 4.78 is 0. The Labute approximate surface area is 87.1 Å². The summed E-state index contributed by atoms with van der Waals surface area (Å²) >= 11 is 0. The molecule has 5 nitrogen and oxygen atoms in total. The maximum atomic E-state index is 11.3. The van der Waals surface area contributed by atoms with Gasteiger partial charge in [-0.2, -0.15) is 0 Å². The van der Waals surface area contributed by atoms with Crippen LogP contribution in [0.4, 0.5) is 0 Å². The number of phenols is 1. The van der Waals surface area contributed by atoms with Crippen LogP contribution < -0.4 is 10.6 Å². The van der Waals surface area contributed by atoms with Crippen molar-refractivity contribution in [1.29, 1.82) is 0 Å². The highest BCUT2D eigenvalue weighted by atomic mass is 16.3. The Morgan fingerprint density at radius 1 is 1.00 bits per heavy atom. The van der Waals surface area contributed by atoms with E-state index in [2.05, 4.69) is 10.6 Å². The van der Waals surface area contributed by atoms with E-state index >= 15 is 0 Å². The Balaban J connectivity index is 3.16. The molecule has 0 spiro atoms. The molecule has 0 radical (unpaired) electrons. The highest BCUT2D eigenvalue weighted by Gasteiger charge is 2.10. The number of amides is 2. The van der Waals surface area contributed by atoms with Gasteiger partial charge in [-0.15, -0.1) is 0 Å². The van der Waals surface area contributed by atoms with Crippen molar-refractivity contribution in [3.8, 4) is 5.75 Å². The average Bonchev–Trinajstić information content (AvgIpc) is 2.26. The fourth-order valence-electron chi connectivity index (χ4n) is 1.16. The molecule has 0 aliphatic rings. The van der Waals surface area contributed by atoms with Gasteiger partial charge in [0.15, 0.2) is 0 Å². The summed E-state index contributed by atoms with van der Waals surface area (Å²) in [6, 6.07) is 4.01. The third-order valence-electron chi connectivity index (χ3n) is 1.90. The van der Waals surface area contributed by atoms with Gasteiger partial charge in [-0.05, 0) is 18.2 Å². The molecule has 0 unspecified atom stereocenters. The highest BCUT2D eigenvalue weighted by molar-refractivity contribution is 6.00. The van der Waals surface area contributed by atoms with Crippen LogP contribution in [0, 0.1) is 0 Å². The summed E-state index contributed by atoms with van der Waals surface area (Å²) in [5.41, 5.74) is 0.493. The van der Waals surface area contributed by atoms with Crippen LogP contribution >= 0.6 is 0 Å². The SMILES string of the molecule is CNC(=O)c1cc(O)cc(C(=O)NC)c1. The molecule has 1 aromatic carbocycles. The van der Waals surface area contributed by atoms with Crippen LogP contribution in [0.1, 0.15) is 20.7 Å². The number of nitrogens with one attached hydrogen (secondary N) is 2. The van der Waals surface area contributed by atoms with Gasteiger partial charge in [-0.25, -0.2) is 0 Å². The number of hydrogen-bond acceptors (Lipinski definition) is 3. The lowest BCUT2D eigenvalue weighted by Gasteiger charge is -2.04. The van der Waals surface area contributed by atoms with Crippen molar-refractivity contribution in [2.45, 2.75) is 0 Å². The Kier molecular flexibility index (Phi) is 3.28. The maximum absolute atomic E-state index is 11.3. The molecule has 2 amide bonds. The molecule has 1 aromatic rings. The van der Waals surface area contributed by atoms with Crippen LogP contribution in [0.15, 0.2) is 18.2 Å². The molecule has 0 aliphatic heterocycles. The minimum Gasteiger partial charge on any atom is -0.508 e. The minimum absolute atomic E-state index is 0.116. The molecule has 0 aromatic heterocycles. The van der Waals surface area contributed by atoms with Crippen molar-refractivity contribution >= 4 is 11.8 Å². The van der Waals surface area contributed by atoms with E-state index in [1.54, 1.807) is 0 Å². The Bertz CT molecular complexity index is 367. The first kappa shape index (κ1) is 11.0. The molecule has 1 rings (SSSR count). The van der Waals surface area contributed by atoms with Crippen molar-refractivity contribution in [1.82, 2.24) is 10.6 Å². The highest BCUT2D eigenvalue weighted by Crippen LogP contribution is 2.15. The summed E-state index contributed by atoms with van der Waals surface area (Å²) in [5, 5.41) is 14.1. The van der Waals surface area contributed by atoms with Gasteiger partial charge in [0.05, 0.1) is 0 Å². The lowest BCUT2D eigenvalue weighted by atomic mass is 10.1. The summed E-state index contributed by atoms with van der Waals surface area (Å²) in [5.74, 6) is -0.818. The molecule has 0 aliphatic carbocycles. The second-order valence-corrected chi connectivity index (χ2v) is 2.93. The van der Waals surface area contributed by atoms with Gasteiger partial charge in [0.1, 0.15) is 5.75 Å². The van der Waals surface area contributed by atoms with Crippen molar-refractivity contribution in [2.24, 2.45) is 0 Å². The summed E-state index contributed by atoms with van der Waals surface area (Å²) in [6.45, 7) is 0. The average molecular weight is 208 g/mol. The third-order valence-corrected chi connectivity index (χ3v) is 1.90. The molecule has 0 saturated carbocycles. The summed E-state index contributed by atoms with van der Waals surface area (Å²) in [4.78, 5) is 22.5. The van der Waals surface area contributed by atoms with Crippen molar-refractivity contribution < 1.29 is 14.7 Å². The number of hydrogen-bond donors (Lipinski definition) is 3. The molecule has 3 N–H and O–H groups in total. The van der Waals surface area contributed by atoms with Crippen molar-refractivity contribution in [2.75, 3.05) is 14.1 Å². The quantitative estimate of drug-likeness (QED) is 0.645. The summed E-state index contributed by atoms with van der Waals surface area (Å²) in [6.07, 6.45) is 0. The largest absolute Gasteiger partial charge is 0.508 e. The predicted molar refractivity (Wildman–Crippen MR) is 54.9 cm³/mol. The zero-order chi connectivity index (χ0) is 11.4. The Morgan fingerprint density at radius 3 is 1.73 bits per heavy atom. The fourth-order valence-corrected chi connectivity index (χ4v) is 1.16. The standard InChI is InChI=1S/C10H12N2O3/c1-11-9(14)6-3-7(10(15)12-2)5-8(13)4-6/h3-5,13H,1-2H3,(H,11,14)(H,12,15). The van der Waals surface area contributed by atoms with Crippen LogP contribution in [0.2, 0.25) is 0 Å². The lowest BCUT2D eigenvalue weighted by molar-refractivity contribution is 0.0962. The van der Waals surface area contributed by atoms with Crippen LogP contribution in [0.5, 0.6) is 5.75 Å². The van der Waals surface area contributed by atoms with Gasteiger partial charge in [0.2, 0.25) is 0 Å². The van der Waals surface area contributed by atoms with Crippen LogP contribution in [-0.2, 0) is 0 Å². The predicted octanol–water partition coefficient (Wildman–Crippen LogP) is 0.111. The zero-order valence-corrected chi connectivity index (χ0v) is 8.50. The monoisotopic (exact) mass is 208 g/mol. The van der Waals surface area contributed by atoms with E-state index in [0.717, 1.165) is 0 Å². The second kappa shape index (κ2) is 4.45. The van der Waals surface area contributed by atoms with E-state index in [1.165, 1.54) is 32.3 Å². The molecular weight excluding hydrogens is 196 g/mol. The van der Waals surface area contributed by atoms with Crippen LogP contribution in [0.3, 0.4) is 0 Å². The van der Waals surface area contributed by atoms with E-state index in [4.69, 9.17) is 0 Å². The first-order valence-electron chi connectivity index (χ1n) is 4.36. The lowest BCUT2D eigenvalue weighted by Crippen LogP contribution is -2.21. The number of rotatable bonds is 2. The molecule has 0 fully saturated rings. The first-order chi connectivity index (χ1) is 7.08. The van der Waals surface area contributed by atoms with Crippen molar-refractivity contribution in [3.05, 3.63) is 29.3 Å². The first-order valence-corrected chi connectivity index (χ1v) is 4.36. The van der Waals surface area contributed by atoms with E-state index in [0.29, 0.717) is 0 Å². The van der Waals surface area contributed by atoms with Crippen molar-refractivity contribution in [3.63, 3.8) is 0 Å². The smallest absolute Gasteiger partial charge is 0.251 e. The van der Waals surface area contributed by atoms with Gasteiger partial charge in [0, 0.05) is 25.2 Å². The molecule has 0 saturated heterocycles. The van der Waals surface area contributed by atoms with Gasteiger partial charge in [-0.1, -0.05) is 0 Å². The molecular formula is C10H12N2O3.